The van der Waals surface area contributed by atoms with Crippen LogP contribution in [0.25, 0.3) is 0 Å². The molecule has 5 nitrogen and oxygen atoms in total. The first kappa shape index (κ1) is 18.1. The molecule has 136 valence electrons. The first-order chi connectivity index (χ1) is 12.5. The molecule has 0 unspecified atom stereocenters. The molecular formula is C21H25N3O2. The van der Waals surface area contributed by atoms with E-state index < -0.39 is 0 Å². The van der Waals surface area contributed by atoms with Crippen molar-refractivity contribution in [1.29, 1.82) is 0 Å². The monoisotopic (exact) mass is 351 g/mol. The van der Waals surface area contributed by atoms with Crippen LogP contribution in [-0.4, -0.2) is 30.3 Å². The summed E-state index contributed by atoms with van der Waals surface area (Å²) in [6.07, 6.45) is 3.35. The maximum absolute atomic E-state index is 12.4. The van der Waals surface area contributed by atoms with Crippen molar-refractivity contribution >= 4 is 23.2 Å². The van der Waals surface area contributed by atoms with Gasteiger partial charge in [-0.05, 0) is 61.7 Å². The summed E-state index contributed by atoms with van der Waals surface area (Å²) in [5, 5.41) is 5.63. The maximum Gasteiger partial charge on any atom is 0.238 e. The summed E-state index contributed by atoms with van der Waals surface area (Å²) in [7, 11) is 2.01. The number of nitrogens with one attached hydrogen (secondary N) is 2. The van der Waals surface area contributed by atoms with Crippen LogP contribution < -0.4 is 10.6 Å². The zero-order chi connectivity index (χ0) is 18.5. The fraction of sp³-hybridized carbons (Fsp3) is 0.333. The molecule has 1 aliphatic carbocycles. The molecule has 1 atom stereocenters. The summed E-state index contributed by atoms with van der Waals surface area (Å²) in [5.74, 6) is -0.154. The van der Waals surface area contributed by atoms with Gasteiger partial charge in [-0.1, -0.05) is 24.3 Å². The Morgan fingerprint density at radius 2 is 1.69 bits per heavy atom. The number of rotatable bonds is 5. The highest BCUT2D eigenvalue weighted by molar-refractivity contribution is 5.93. The molecule has 2 N–H and O–H groups in total. The average molecular weight is 351 g/mol. The number of carbonyl (C=O) groups excluding carboxylic acids is 2. The molecule has 0 saturated heterocycles. The van der Waals surface area contributed by atoms with E-state index in [0.717, 1.165) is 24.9 Å². The minimum absolute atomic E-state index is 0.0390. The van der Waals surface area contributed by atoms with Crippen LogP contribution in [0.5, 0.6) is 0 Å². The lowest BCUT2D eigenvalue weighted by molar-refractivity contribution is -0.117. The summed E-state index contributed by atoms with van der Waals surface area (Å²) >= 11 is 0. The third kappa shape index (κ3) is 4.49. The zero-order valence-electron chi connectivity index (χ0n) is 15.3. The van der Waals surface area contributed by atoms with Gasteiger partial charge in [-0.15, -0.1) is 0 Å². The first-order valence-corrected chi connectivity index (χ1v) is 8.98. The SMILES string of the molecule is CC(=O)Nc1ccc(NC(=O)CN(C)[C@H]2CCCc3ccccc32)cc1. The Morgan fingerprint density at radius 3 is 2.38 bits per heavy atom. The van der Waals surface area contributed by atoms with Crippen molar-refractivity contribution in [3.05, 3.63) is 59.7 Å². The van der Waals surface area contributed by atoms with Gasteiger partial charge in [0.2, 0.25) is 11.8 Å². The van der Waals surface area contributed by atoms with Crippen LogP contribution in [0.1, 0.15) is 36.9 Å². The number of carbonyl (C=O) groups is 2. The number of amides is 2. The fourth-order valence-electron chi connectivity index (χ4n) is 3.56. The number of benzene rings is 2. The Labute approximate surface area is 154 Å². The van der Waals surface area contributed by atoms with Crippen LogP contribution in [0.4, 0.5) is 11.4 Å². The van der Waals surface area contributed by atoms with Crippen molar-refractivity contribution in [2.75, 3.05) is 24.2 Å². The Hall–Kier alpha value is -2.66. The van der Waals surface area contributed by atoms with Crippen molar-refractivity contribution in [3.8, 4) is 0 Å². The second-order valence-electron chi connectivity index (χ2n) is 6.83. The molecule has 2 aromatic carbocycles. The highest BCUT2D eigenvalue weighted by atomic mass is 16.2. The molecule has 0 radical (unpaired) electrons. The largest absolute Gasteiger partial charge is 0.326 e. The average Bonchev–Trinajstić information content (AvgIpc) is 2.62. The van der Waals surface area contributed by atoms with Gasteiger partial charge in [0, 0.05) is 24.3 Å². The summed E-state index contributed by atoms with van der Waals surface area (Å²) in [6.45, 7) is 1.81. The van der Waals surface area contributed by atoms with E-state index >= 15 is 0 Å². The molecule has 5 heteroatoms. The zero-order valence-corrected chi connectivity index (χ0v) is 15.3. The second kappa shape index (κ2) is 8.15. The Bertz CT molecular complexity index is 786. The standard InChI is InChI=1S/C21H25N3O2/c1-15(25)22-17-10-12-18(13-11-17)23-21(26)14-24(2)20-9-5-7-16-6-3-4-8-19(16)20/h3-4,6,8,10-13,20H,5,7,9,14H2,1-2H3,(H,22,25)(H,23,26)/t20-/m0/s1. The van der Waals surface area contributed by atoms with E-state index in [1.54, 1.807) is 24.3 Å². The molecule has 2 aromatic rings. The lowest BCUT2D eigenvalue weighted by Crippen LogP contribution is -2.34. The number of anilines is 2. The van der Waals surface area contributed by atoms with Gasteiger partial charge in [-0.2, -0.15) is 0 Å². The van der Waals surface area contributed by atoms with E-state index in [1.807, 2.05) is 7.05 Å². The quantitative estimate of drug-likeness (QED) is 0.865. The number of nitrogens with zero attached hydrogens (tertiary/aromatic N) is 1. The number of hydrogen-bond acceptors (Lipinski definition) is 3. The van der Waals surface area contributed by atoms with Crippen LogP contribution in [0.15, 0.2) is 48.5 Å². The molecule has 1 aliphatic rings. The van der Waals surface area contributed by atoms with Gasteiger partial charge < -0.3 is 10.6 Å². The number of aryl methyl sites for hydroxylation is 1. The van der Waals surface area contributed by atoms with Crippen molar-refractivity contribution in [1.82, 2.24) is 4.90 Å². The van der Waals surface area contributed by atoms with E-state index in [9.17, 15) is 9.59 Å². The smallest absolute Gasteiger partial charge is 0.238 e. The van der Waals surface area contributed by atoms with E-state index in [0.29, 0.717) is 12.2 Å². The molecule has 0 saturated carbocycles. The molecular weight excluding hydrogens is 326 g/mol. The van der Waals surface area contributed by atoms with Crippen LogP contribution in [0, 0.1) is 0 Å². The fourth-order valence-corrected chi connectivity index (χ4v) is 3.56. The van der Waals surface area contributed by atoms with Gasteiger partial charge in [0.1, 0.15) is 0 Å². The molecule has 26 heavy (non-hydrogen) atoms. The molecule has 0 fully saturated rings. The summed E-state index contributed by atoms with van der Waals surface area (Å²) < 4.78 is 0. The van der Waals surface area contributed by atoms with Crippen LogP contribution in [0.3, 0.4) is 0 Å². The first-order valence-electron chi connectivity index (χ1n) is 8.98. The molecule has 0 heterocycles. The van der Waals surface area contributed by atoms with E-state index in [-0.39, 0.29) is 17.9 Å². The lowest BCUT2D eigenvalue weighted by atomic mass is 9.87. The van der Waals surface area contributed by atoms with Gasteiger partial charge in [-0.25, -0.2) is 0 Å². The van der Waals surface area contributed by atoms with E-state index in [2.05, 4.69) is 39.8 Å². The van der Waals surface area contributed by atoms with Crippen molar-refractivity contribution in [2.45, 2.75) is 32.2 Å². The normalized spacial score (nSPS) is 16.0. The molecule has 0 aromatic heterocycles. The third-order valence-electron chi connectivity index (χ3n) is 4.75. The molecule has 0 aliphatic heterocycles. The van der Waals surface area contributed by atoms with Crippen molar-refractivity contribution < 1.29 is 9.59 Å². The number of likely N-dealkylation sites (N-methyl/N-ethyl adjacent to an activating group) is 1. The minimum Gasteiger partial charge on any atom is -0.326 e. The predicted octanol–water partition coefficient (Wildman–Crippen LogP) is 3.59. The topological polar surface area (TPSA) is 61.4 Å². The van der Waals surface area contributed by atoms with Crippen LogP contribution in [0.2, 0.25) is 0 Å². The van der Waals surface area contributed by atoms with Gasteiger partial charge in [-0.3, -0.25) is 14.5 Å². The minimum atomic E-state index is -0.115. The van der Waals surface area contributed by atoms with Crippen molar-refractivity contribution in [3.63, 3.8) is 0 Å². The van der Waals surface area contributed by atoms with Gasteiger partial charge in [0.05, 0.1) is 6.54 Å². The molecule has 0 bridgehead atoms. The van der Waals surface area contributed by atoms with E-state index in [4.69, 9.17) is 0 Å². The highest BCUT2D eigenvalue weighted by Gasteiger charge is 2.24. The Morgan fingerprint density at radius 1 is 1.04 bits per heavy atom. The molecule has 0 spiro atoms. The lowest BCUT2D eigenvalue weighted by Gasteiger charge is -2.32. The number of hydrogen-bond donors (Lipinski definition) is 2. The van der Waals surface area contributed by atoms with Gasteiger partial charge in [0.15, 0.2) is 0 Å². The van der Waals surface area contributed by atoms with Gasteiger partial charge in [0.25, 0.3) is 0 Å². The number of fused-ring (bicyclic) bond motifs is 1. The van der Waals surface area contributed by atoms with Crippen LogP contribution >= 0.6 is 0 Å². The molecule has 2 amide bonds. The maximum atomic E-state index is 12.4. The van der Waals surface area contributed by atoms with E-state index in [1.165, 1.54) is 18.1 Å². The molecule has 3 rings (SSSR count). The third-order valence-corrected chi connectivity index (χ3v) is 4.75. The summed E-state index contributed by atoms with van der Waals surface area (Å²) in [5.41, 5.74) is 4.17. The second-order valence-corrected chi connectivity index (χ2v) is 6.83. The van der Waals surface area contributed by atoms with Crippen molar-refractivity contribution in [2.24, 2.45) is 0 Å². The Balaban J connectivity index is 1.59. The predicted molar refractivity (Wildman–Crippen MR) is 104 cm³/mol. The Kier molecular flexibility index (Phi) is 5.68. The highest BCUT2D eigenvalue weighted by Crippen LogP contribution is 2.33. The van der Waals surface area contributed by atoms with Crippen LogP contribution in [-0.2, 0) is 16.0 Å². The summed E-state index contributed by atoms with van der Waals surface area (Å²) in [6, 6.07) is 15.9. The van der Waals surface area contributed by atoms with Gasteiger partial charge >= 0.3 is 0 Å². The summed E-state index contributed by atoms with van der Waals surface area (Å²) in [4.78, 5) is 25.6.